The highest BCUT2D eigenvalue weighted by molar-refractivity contribution is 5.77. The summed E-state index contributed by atoms with van der Waals surface area (Å²) < 4.78 is 1.74. The molecule has 0 spiro atoms. The zero-order chi connectivity index (χ0) is 15.7. The number of carbonyl (C=O) groups is 1. The Hall–Kier alpha value is -2.22. The van der Waals surface area contributed by atoms with Crippen molar-refractivity contribution in [1.82, 2.24) is 24.5 Å². The van der Waals surface area contributed by atoms with Gasteiger partial charge in [-0.25, -0.2) is 4.98 Å². The van der Waals surface area contributed by atoms with Gasteiger partial charge >= 0.3 is 0 Å². The smallest absolute Gasteiger partial charge is 0.254 e. The van der Waals surface area contributed by atoms with Gasteiger partial charge in [0.15, 0.2) is 0 Å². The van der Waals surface area contributed by atoms with Gasteiger partial charge in [-0.1, -0.05) is 0 Å². The molecule has 1 saturated heterocycles. The summed E-state index contributed by atoms with van der Waals surface area (Å²) in [5.41, 5.74) is 6.61. The number of rotatable bonds is 3. The van der Waals surface area contributed by atoms with Crippen molar-refractivity contribution in [3.8, 4) is 0 Å². The first-order valence-corrected chi connectivity index (χ1v) is 7.50. The number of anilines is 1. The highest BCUT2D eigenvalue weighted by Gasteiger charge is 2.23. The zero-order valence-corrected chi connectivity index (χ0v) is 12.9. The van der Waals surface area contributed by atoms with Crippen LogP contribution in [0.4, 0.5) is 5.82 Å². The Morgan fingerprint density at radius 2 is 2.09 bits per heavy atom. The number of hydrogen-bond acceptors (Lipinski definition) is 6. The van der Waals surface area contributed by atoms with Gasteiger partial charge in [0.1, 0.15) is 12.1 Å². The Labute approximate surface area is 128 Å². The van der Waals surface area contributed by atoms with Crippen molar-refractivity contribution in [1.29, 1.82) is 0 Å². The van der Waals surface area contributed by atoms with E-state index in [0.717, 1.165) is 24.6 Å². The van der Waals surface area contributed by atoms with Crippen molar-refractivity contribution < 1.29 is 4.79 Å². The van der Waals surface area contributed by atoms with Crippen LogP contribution in [0.3, 0.4) is 0 Å². The molecule has 22 heavy (non-hydrogen) atoms. The third kappa shape index (κ3) is 2.87. The van der Waals surface area contributed by atoms with Gasteiger partial charge in [0.25, 0.3) is 5.78 Å². The van der Waals surface area contributed by atoms with E-state index in [4.69, 9.17) is 5.73 Å². The minimum atomic E-state index is -0.0943. The van der Waals surface area contributed by atoms with Crippen molar-refractivity contribution in [2.75, 3.05) is 31.1 Å². The van der Waals surface area contributed by atoms with Crippen LogP contribution in [0.2, 0.25) is 0 Å². The summed E-state index contributed by atoms with van der Waals surface area (Å²) in [6.07, 6.45) is 1.91. The molecule has 1 unspecified atom stereocenters. The van der Waals surface area contributed by atoms with E-state index in [0.29, 0.717) is 25.3 Å². The van der Waals surface area contributed by atoms with Crippen molar-refractivity contribution in [3.63, 3.8) is 0 Å². The Kier molecular flexibility index (Phi) is 3.93. The highest BCUT2D eigenvalue weighted by atomic mass is 16.2. The number of aromatic nitrogens is 4. The van der Waals surface area contributed by atoms with Crippen molar-refractivity contribution in [2.45, 2.75) is 26.3 Å². The summed E-state index contributed by atoms with van der Waals surface area (Å²) in [6, 6.07) is 1.91. The van der Waals surface area contributed by atoms with Crippen LogP contribution >= 0.6 is 0 Å². The summed E-state index contributed by atoms with van der Waals surface area (Å²) in [5, 5.41) is 4.23. The number of nitrogens with zero attached hydrogens (tertiary/aromatic N) is 6. The molecule has 3 rings (SSSR count). The molecule has 8 heteroatoms. The van der Waals surface area contributed by atoms with Crippen LogP contribution in [0.25, 0.3) is 5.78 Å². The Bertz CT molecular complexity index is 673. The maximum atomic E-state index is 12.1. The van der Waals surface area contributed by atoms with Crippen molar-refractivity contribution >= 4 is 17.5 Å². The molecule has 1 aliphatic rings. The lowest BCUT2D eigenvalue weighted by Crippen LogP contribution is -2.50. The second-order valence-corrected chi connectivity index (χ2v) is 5.78. The molecule has 0 bridgehead atoms. The SMILES string of the molecule is Cc1cc(N2CCN(C(=O)CC(C)N)CC2)n2ncnc2n1. The van der Waals surface area contributed by atoms with Crippen LogP contribution in [0.15, 0.2) is 12.4 Å². The molecule has 1 amide bonds. The highest BCUT2D eigenvalue weighted by Crippen LogP contribution is 2.18. The molecule has 1 fully saturated rings. The van der Waals surface area contributed by atoms with E-state index >= 15 is 0 Å². The molecule has 8 nitrogen and oxygen atoms in total. The van der Waals surface area contributed by atoms with Gasteiger partial charge in [-0.05, 0) is 13.8 Å². The molecule has 0 aliphatic carbocycles. The quantitative estimate of drug-likeness (QED) is 0.845. The van der Waals surface area contributed by atoms with Gasteiger partial charge < -0.3 is 15.5 Å². The average molecular weight is 303 g/mol. The third-order valence-electron chi connectivity index (χ3n) is 3.81. The van der Waals surface area contributed by atoms with E-state index in [2.05, 4.69) is 20.0 Å². The minimum Gasteiger partial charge on any atom is -0.353 e. The number of carbonyl (C=O) groups excluding carboxylic acids is 1. The topological polar surface area (TPSA) is 92.7 Å². The third-order valence-corrected chi connectivity index (χ3v) is 3.81. The molecule has 0 saturated carbocycles. The fourth-order valence-corrected chi connectivity index (χ4v) is 2.73. The van der Waals surface area contributed by atoms with Crippen LogP contribution in [-0.4, -0.2) is 62.6 Å². The largest absolute Gasteiger partial charge is 0.353 e. The first kappa shape index (κ1) is 14.7. The fourth-order valence-electron chi connectivity index (χ4n) is 2.73. The number of aryl methyl sites for hydroxylation is 1. The molecule has 2 N–H and O–H groups in total. The minimum absolute atomic E-state index is 0.0943. The molecule has 1 atom stereocenters. The number of amides is 1. The van der Waals surface area contributed by atoms with E-state index < -0.39 is 0 Å². The number of fused-ring (bicyclic) bond motifs is 1. The average Bonchev–Trinajstić information content (AvgIpc) is 2.94. The van der Waals surface area contributed by atoms with Crippen LogP contribution in [-0.2, 0) is 4.79 Å². The maximum Gasteiger partial charge on any atom is 0.254 e. The standard InChI is InChI=1S/C14H21N7O/c1-10(15)7-13(22)20-5-3-19(4-6-20)12-8-11(2)18-14-16-9-17-21(12)14/h8-10H,3-7,15H2,1-2H3. The first-order chi connectivity index (χ1) is 10.5. The van der Waals surface area contributed by atoms with Gasteiger partial charge in [0, 0.05) is 50.4 Å². The fraction of sp³-hybridized carbons (Fsp3) is 0.571. The van der Waals surface area contributed by atoms with E-state index in [9.17, 15) is 4.79 Å². The first-order valence-electron chi connectivity index (χ1n) is 7.50. The van der Waals surface area contributed by atoms with E-state index in [1.807, 2.05) is 24.8 Å². The number of hydrogen-bond donors (Lipinski definition) is 1. The number of nitrogens with two attached hydrogens (primary N) is 1. The molecule has 3 heterocycles. The van der Waals surface area contributed by atoms with Crippen LogP contribution in [0, 0.1) is 6.92 Å². The predicted octanol–water partition coefficient (Wildman–Crippen LogP) is -0.181. The monoisotopic (exact) mass is 303 g/mol. The lowest BCUT2D eigenvalue weighted by molar-refractivity contribution is -0.131. The maximum absolute atomic E-state index is 12.1. The van der Waals surface area contributed by atoms with Crippen LogP contribution in [0.1, 0.15) is 19.0 Å². The van der Waals surface area contributed by atoms with E-state index in [1.54, 1.807) is 4.52 Å². The van der Waals surface area contributed by atoms with Crippen LogP contribution in [0.5, 0.6) is 0 Å². The summed E-state index contributed by atoms with van der Waals surface area (Å²) in [4.78, 5) is 24.7. The summed E-state index contributed by atoms with van der Waals surface area (Å²) in [5.74, 6) is 1.70. The van der Waals surface area contributed by atoms with Gasteiger partial charge in [0.05, 0.1) is 0 Å². The second kappa shape index (κ2) is 5.88. The molecule has 2 aromatic heterocycles. The summed E-state index contributed by atoms with van der Waals surface area (Å²) >= 11 is 0. The molecule has 0 radical (unpaired) electrons. The number of piperazine rings is 1. The van der Waals surface area contributed by atoms with Crippen LogP contribution < -0.4 is 10.6 Å². The molecular formula is C14H21N7O. The molecule has 0 aromatic carbocycles. The van der Waals surface area contributed by atoms with Crippen molar-refractivity contribution in [2.24, 2.45) is 5.73 Å². The zero-order valence-electron chi connectivity index (χ0n) is 12.9. The van der Waals surface area contributed by atoms with Gasteiger partial charge in [-0.3, -0.25) is 4.79 Å². The molecule has 2 aromatic rings. The Morgan fingerprint density at radius 3 is 2.77 bits per heavy atom. The summed E-state index contributed by atoms with van der Waals surface area (Å²) in [7, 11) is 0. The molecular weight excluding hydrogens is 282 g/mol. The predicted molar refractivity (Wildman–Crippen MR) is 82.6 cm³/mol. The van der Waals surface area contributed by atoms with E-state index in [-0.39, 0.29) is 11.9 Å². The Morgan fingerprint density at radius 1 is 1.36 bits per heavy atom. The second-order valence-electron chi connectivity index (χ2n) is 5.78. The Balaban J connectivity index is 1.73. The molecule has 1 aliphatic heterocycles. The van der Waals surface area contributed by atoms with Gasteiger partial charge in [-0.15, -0.1) is 0 Å². The lowest BCUT2D eigenvalue weighted by Gasteiger charge is -2.36. The van der Waals surface area contributed by atoms with Gasteiger partial charge in [0.2, 0.25) is 5.91 Å². The molecule has 118 valence electrons. The van der Waals surface area contributed by atoms with Gasteiger partial charge in [-0.2, -0.15) is 14.6 Å². The van der Waals surface area contributed by atoms with E-state index in [1.165, 1.54) is 6.33 Å². The summed E-state index contributed by atoms with van der Waals surface area (Å²) in [6.45, 7) is 6.73. The lowest BCUT2D eigenvalue weighted by atomic mass is 10.2. The van der Waals surface area contributed by atoms with Crippen molar-refractivity contribution in [3.05, 3.63) is 18.1 Å². The normalized spacial score (nSPS) is 17.0.